The number of nitrogens with zero attached hydrogens (tertiary/aromatic N) is 1. The molecular formula is C13H17BrN2O3S. The van der Waals surface area contributed by atoms with Crippen LogP contribution >= 0.6 is 27.7 Å². The van der Waals surface area contributed by atoms with Crippen LogP contribution in [0.25, 0.3) is 0 Å². The number of benzene rings is 1. The molecule has 0 aromatic heterocycles. The summed E-state index contributed by atoms with van der Waals surface area (Å²) in [6.45, 7) is 1.94. The SMILES string of the molecule is CSCC(C)N(C)C(=O)Nc1c(Br)cccc1C(=O)O. The third-order valence-electron chi connectivity index (χ3n) is 2.87. The fraction of sp³-hybridized carbons (Fsp3) is 0.385. The zero-order valence-corrected chi connectivity index (χ0v) is 13.9. The van der Waals surface area contributed by atoms with E-state index in [2.05, 4.69) is 21.2 Å². The second-order valence-corrected chi connectivity index (χ2v) is 6.08. The van der Waals surface area contributed by atoms with Crippen LogP contribution in [-0.4, -0.2) is 47.1 Å². The van der Waals surface area contributed by atoms with Gasteiger partial charge in [-0.2, -0.15) is 11.8 Å². The van der Waals surface area contributed by atoms with Gasteiger partial charge in [-0.05, 0) is 41.2 Å². The maximum absolute atomic E-state index is 12.1. The Bertz CT molecular complexity index is 510. The summed E-state index contributed by atoms with van der Waals surface area (Å²) in [5.74, 6) is -0.271. The summed E-state index contributed by atoms with van der Waals surface area (Å²) in [4.78, 5) is 24.9. The molecule has 20 heavy (non-hydrogen) atoms. The molecule has 7 heteroatoms. The molecule has 1 aromatic rings. The van der Waals surface area contributed by atoms with Crippen LogP contribution in [0.4, 0.5) is 10.5 Å². The molecule has 1 atom stereocenters. The third-order valence-corrected chi connectivity index (χ3v) is 4.34. The number of hydrogen-bond donors (Lipinski definition) is 2. The average Bonchev–Trinajstić information content (AvgIpc) is 2.39. The highest BCUT2D eigenvalue weighted by Crippen LogP contribution is 2.27. The van der Waals surface area contributed by atoms with E-state index in [9.17, 15) is 9.59 Å². The second kappa shape index (κ2) is 7.54. The van der Waals surface area contributed by atoms with Gasteiger partial charge in [0.15, 0.2) is 0 Å². The molecule has 1 rings (SSSR count). The van der Waals surface area contributed by atoms with E-state index < -0.39 is 5.97 Å². The molecule has 0 saturated heterocycles. The first kappa shape index (κ1) is 16.8. The number of thioether (sulfide) groups is 1. The number of carbonyl (C=O) groups is 2. The van der Waals surface area contributed by atoms with Gasteiger partial charge in [0.1, 0.15) is 0 Å². The van der Waals surface area contributed by atoms with E-state index in [1.807, 2.05) is 13.2 Å². The zero-order chi connectivity index (χ0) is 15.3. The minimum atomic E-state index is -1.08. The molecule has 0 aliphatic heterocycles. The molecule has 1 unspecified atom stereocenters. The van der Waals surface area contributed by atoms with E-state index in [4.69, 9.17) is 5.11 Å². The van der Waals surface area contributed by atoms with Crippen molar-refractivity contribution >= 4 is 45.4 Å². The quantitative estimate of drug-likeness (QED) is 0.844. The zero-order valence-electron chi connectivity index (χ0n) is 11.5. The van der Waals surface area contributed by atoms with Gasteiger partial charge in [-0.15, -0.1) is 0 Å². The van der Waals surface area contributed by atoms with Crippen molar-refractivity contribution in [1.82, 2.24) is 4.90 Å². The molecule has 0 aliphatic rings. The lowest BCUT2D eigenvalue weighted by molar-refractivity contribution is 0.0698. The van der Waals surface area contributed by atoms with Gasteiger partial charge >= 0.3 is 12.0 Å². The van der Waals surface area contributed by atoms with Gasteiger partial charge in [0.05, 0.1) is 11.3 Å². The van der Waals surface area contributed by atoms with Crippen molar-refractivity contribution in [3.63, 3.8) is 0 Å². The second-order valence-electron chi connectivity index (χ2n) is 4.31. The normalized spacial score (nSPS) is 11.8. The first-order chi connectivity index (χ1) is 9.38. The standard InChI is InChI=1S/C13H17BrN2O3S/c1-8(7-20-3)16(2)13(19)15-11-9(12(17)18)5-4-6-10(11)14/h4-6,8H,7H2,1-3H3,(H,15,19)(H,17,18). The molecule has 110 valence electrons. The van der Waals surface area contributed by atoms with Crippen LogP contribution in [0.2, 0.25) is 0 Å². The van der Waals surface area contributed by atoms with Gasteiger partial charge in [-0.3, -0.25) is 0 Å². The van der Waals surface area contributed by atoms with E-state index in [0.29, 0.717) is 4.47 Å². The van der Waals surface area contributed by atoms with Gasteiger partial charge in [-0.25, -0.2) is 9.59 Å². The molecular weight excluding hydrogens is 344 g/mol. The van der Waals surface area contributed by atoms with Crippen molar-refractivity contribution in [2.24, 2.45) is 0 Å². The fourth-order valence-corrected chi connectivity index (χ4v) is 2.75. The van der Waals surface area contributed by atoms with E-state index in [1.165, 1.54) is 6.07 Å². The monoisotopic (exact) mass is 360 g/mol. The summed E-state index contributed by atoms with van der Waals surface area (Å²) in [5.41, 5.74) is 0.326. The molecule has 0 bridgehead atoms. The number of halogens is 1. The highest BCUT2D eigenvalue weighted by Gasteiger charge is 2.19. The summed E-state index contributed by atoms with van der Waals surface area (Å²) in [6.07, 6.45) is 1.97. The van der Waals surface area contributed by atoms with Crippen LogP contribution in [0, 0.1) is 0 Å². The predicted octanol–water partition coefficient (Wildman–Crippen LogP) is 3.36. The number of anilines is 1. The third kappa shape index (κ3) is 4.14. The van der Waals surface area contributed by atoms with Crippen LogP contribution in [-0.2, 0) is 0 Å². The minimum Gasteiger partial charge on any atom is -0.478 e. The van der Waals surface area contributed by atoms with Crippen LogP contribution in [0.1, 0.15) is 17.3 Å². The molecule has 0 radical (unpaired) electrons. The number of para-hydroxylation sites is 1. The summed E-state index contributed by atoms with van der Waals surface area (Å²) in [6, 6.07) is 4.48. The Balaban J connectivity index is 2.93. The Hall–Kier alpha value is -1.21. The van der Waals surface area contributed by atoms with Gasteiger partial charge in [0, 0.05) is 23.3 Å². The Morgan fingerprint density at radius 3 is 2.70 bits per heavy atom. The Kier molecular flexibility index (Phi) is 6.35. The number of hydrogen-bond acceptors (Lipinski definition) is 3. The largest absolute Gasteiger partial charge is 0.478 e. The van der Waals surface area contributed by atoms with Crippen molar-refractivity contribution < 1.29 is 14.7 Å². The van der Waals surface area contributed by atoms with Gasteiger partial charge in [0.2, 0.25) is 0 Å². The topological polar surface area (TPSA) is 69.6 Å². The predicted molar refractivity (Wildman–Crippen MR) is 85.7 cm³/mol. The average molecular weight is 361 g/mol. The van der Waals surface area contributed by atoms with Crippen LogP contribution in [0.15, 0.2) is 22.7 Å². The van der Waals surface area contributed by atoms with E-state index in [0.717, 1.165) is 5.75 Å². The molecule has 0 saturated carbocycles. The van der Waals surface area contributed by atoms with E-state index in [-0.39, 0.29) is 23.3 Å². The number of nitrogens with one attached hydrogen (secondary N) is 1. The molecule has 2 N–H and O–H groups in total. The van der Waals surface area contributed by atoms with Gasteiger partial charge in [-0.1, -0.05) is 6.07 Å². The maximum Gasteiger partial charge on any atom is 0.337 e. The fourth-order valence-electron chi connectivity index (χ4n) is 1.58. The van der Waals surface area contributed by atoms with Crippen molar-refractivity contribution in [3.05, 3.63) is 28.2 Å². The first-order valence-corrected chi connectivity index (χ1v) is 8.11. The first-order valence-electron chi connectivity index (χ1n) is 5.93. The lowest BCUT2D eigenvalue weighted by Gasteiger charge is -2.25. The van der Waals surface area contributed by atoms with E-state index in [1.54, 1.807) is 35.8 Å². The maximum atomic E-state index is 12.1. The number of rotatable bonds is 5. The minimum absolute atomic E-state index is 0.0543. The molecule has 1 aromatic carbocycles. The van der Waals surface area contributed by atoms with Gasteiger partial charge in [0.25, 0.3) is 0 Å². The van der Waals surface area contributed by atoms with E-state index >= 15 is 0 Å². The summed E-state index contributed by atoms with van der Waals surface area (Å²) in [5, 5.41) is 11.8. The summed E-state index contributed by atoms with van der Waals surface area (Å²) < 4.78 is 0.539. The molecule has 0 heterocycles. The summed E-state index contributed by atoms with van der Waals surface area (Å²) in [7, 11) is 1.69. The number of carbonyl (C=O) groups excluding carboxylic acids is 1. The van der Waals surface area contributed by atoms with Gasteiger partial charge < -0.3 is 15.3 Å². The van der Waals surface area contributed by atoms with Crippen LogP contribution in [0.5, 0.6) is 0 Å². The Labute approximate surface area is 130 Å². The Morgan fingerprint density at radius 1 is 1.50 bits per heavy atom. The molecule has 0 fully saturated rings. The Morgan fingerprint density at radius 2 is 2.15 bits per heavy atom. The van der Waals surface area contributed by atoms with Crippen LogP contribution in [0.3, 0.4) is 0 Å². The molecule has 0 aliphatic carbocycles. The van der Waals surface area contributed by atoms with Crippen molar-refractivity contribution in [2.75, 3.05) is 24.4 Å². The number of amides is 2. The van der Waals surface area contributed by atoms with Crippen molar-refractivity contribution in [2.45, 2.75) is 13.0 Å². The smallest absolute Gasteiger partial charge is 0.337 e. The van der Waals surface area contributed by atoms with Crippen molar-refractivity contribution in [1.29, 1.82) is 0 Å². The number of carboxylic acids is 1. The number of aromatic carboxylic acids is 1. The number of urea groups is 1. The molecule has 2 amide bonds. The lowest BCUT2D eigenvalue weighted by Crippen LogP contribution is -2.39. The molecule has 5 nitrogen and oxygen atoms in total. The lowest BCUT2D eigenvalue weighted by atomic mass is 10.2. The number of carboxylic acid groups (broad SMARTS) is 1. The summed E-state index contributed by atoms with van der Waals surface area (Å²) >= 11 is 4.91. The molecule has 0 spiro atoms. The van der Waals surface area contributed by atoms with Crippen molar-refractivity contribution in [3.8, 4) is 0 Å². The highest BCUT2D eigenvalue weighted by atomic mass is 79.9. The highest BCUT2D eigenvalue weighted by molar-refractivity contribution is 9.10. The van der Waals surface area contributed by atoms with Crippen LogP contribution < -0.4 is 5.32 Å².